The summed E-state index contributed by atoms with van der Waals surface area (Å²) in [4.78, 5) is 11.9. The van der Waals surface area contributed by atoms with Crippen LogP contribution >= 0.6 is 0 Å². The van der Waals surface area contributed by atoms with Crippen molar-refractivity contribution in [1.82, 2.24) is 0 Å². The van der Waals surface area contributed by atoms with Gasteiger partial charge < -0.3 is 18.8 Å². The molecule has 5 nitrogen and oxygen atoms in total. The summed E-state index contributed by atoms with van der Waals surface area (Å²) in [5, 5.41) is 0. The Balaban J connectivity index is 2.13. The van der Waals surface area contributed by atoms with Crippen molar-refractivity contribution in [2.24, 2.45) is 0 Å². The molecule has 0 saturated carbocycles. The molecule has 1 saturated heterocycles. The summed E-state index contributed by atoms with van der Waals surface area (Å²) in [5.41, 5.74) is 1.83. The van der Waals surface area contributed by atoms with E-state index in [9.17, 15) is 4.79 Å². The van der Waals surface area contributed by atoms with Crippen LogP contribution in [-0.2, 0) is 25.3 Å². The van der Waals surface area contributed by atoms with E-state index < -0.39 is 18.3 Å². The highest BCUT2D eigenvalue weighted by atomic mass is 16.7. The van der Waals surface area contributed by atoms with E-state index in [4.69, 9.17) is 18.8 Å². The predicted octanol–water partition coefficient (Wildman–Crippen LogP) is 5.08. The number of rotatable bonds is 9. The van der Waals surface area contributed by atoms with Crippen LogP contribution in [0.1, 0.15) is 60.5 Å². The van der Waals surface area contributed by atoms with Crippen molar-refractivity contribution >= 4 is 13.1 Å². The molecule has 1 unspecified atom stereocenters. The predicted molar refractivity (Wildman–Crippen MR) is 120 cm³/mol. The molecule has 1 aromatic carbocycles. The fraction of sp³-hybridized carbons (Fsp3) is 0.542. The third-order valence-electron chi connectivity index (χ3n) is 5.77. The standard InChI is InChI=1S/C24H35BO5/c1-9-19(15-17(3)25-29-23(5,6)24(7,8)30-25)18(4)28-21-14-12-11-13-20(21)16-22(26)27-10-2/h11-15,18H,3,9-10,16H2,1-2,4-8H3/b19-15+. The fourth-order valence-electron chi connectivity index (χ4n) is 3.21. The van der Waals surface area contributed by atoms with E-state index in [-0.39, 0.29) is 18.5 Å². The largest absolute Gasteiger partial charge is 0.494 e. The lowest BCUT2D eigenvalue weighted by atomic mass is 9.78. The van der Waals surface area contributed by atoms with Crippen LogP contribution < -0.4 is 4.74 Å². The Morgan fingerprint density at radius 1 is 1.17 bits per heavy atom. The number of benzene rings is 1. The Kier molecular flexibility index (Phi) is 7.95. The average molecular weight is 414 g/mol. The number of allylic oxidation sites excluding steroid dienone is 2. The summed E-state index contributed by atoms with van der Waals surface area (Å²) in [6, 6.07) is 7.55. The molecule has 0 radical (unpaired) electrons. The maximum Gasteiger partial charge on any atom is 0.494 e. The zero-order valence-electron chi connectivity index (χ0n) is 19.4. The fourth-order valence-corrected chi connectivity index (χ4v) is 3.21. The first kappa shape index (κ1) is 24.2. The minimum atomic E-state index is -0.486. The first-order valence-corrected chi connectivity index (χ1v) is 10.7. The van der Waals surface area contributed by atoms with Gasteiger partial charge in [-0.25, -0.2) is 0 Å². The molecule has 0 aliphatic carbocycles. The number of carbonyl (C=O) groups excluding carboxylic acids is 1. The van der Waals surface area contributed by atoms with Gasteiger partial charge in [-0.2, -0.15) is 0 Å². The van der Waals surface area contributed by atoms with Gasteiger partial charge in [-0.15, -0.1) is 0 Å². The normalized spacial score (nSPS) is 18.8. The zero-order valence-corrected chi connectivity index (χ0v) is 19.4. The van der Waals surface area contributed by atoms with Gasteiger partial charge in [-0.1, -0.05) is 37.8 Å². The van der Waals surface area contributed by atoms with Crippen LogP contribution in [0.3, 0.4) is 0 Å². The van der Waals surface area contributed by atoms with Gasteiger partial charge >= 0.3 is 13.1 Å². The van der Waals surface area contributed by atoms with Crippen molar-refractivity contribution in [3.05, 3.63) is 53.5 Å². The number of hydrogen-bond acceptors (Lipinski definition) is 5. The van der Waals surface area contributed by atoms with Crippen LogP contribution in [0.25, 0.3) is 0 Å². The summed E-state index contributed by atoms with van der Waals surface area (Å²) in [6.07, 6.45) is 2.78. The van der Waals surface area contributed by atoms with Crippen LogP contribution in [0, 0.1) is 0 Å². The average Bonchev–Trinajstić information content (AvgIpc) is 2.88. The van der Waals surface area contributed by atoms with Gasteiger partial charge in [0, 0.05) is 5.56 Å². The summed E-state index contributed by atoms with van der Waals surface area (Å²) in [7, 11) is -0.486. The van der Waals surface area contributed by atoms with Crippen LogP contribution in [0.5, 0.6) is 5.75 Å². The van der Waals surface area contributed by atoms with Crippen molar-refractivity contribution < 1.29 is 23.6 Å². The van der Waals surface area contributed by atoms with E-state index in [1.165, 1.54) is 0 Å². The van der Waals surface area contributed by atoms with Crippen molar-refractivity contribution in [2.75, 3.05) is 6.61 Å². The van der Waals surface area contributed by atoms with Gasteiger partial charge in [0.1, 0.15) is 11.9 Å². The summed E-state index contributed by atoms with van der Waals surface area (Å²) >= 11 is 0. The topological polar surface area (TPSA) is 54.0 Å². The van der Waals surface area contributed by atoms with Crippen molar-refractivity contribution in [2.45, 2.75) is 78.6 Å². The molecule has 1 aliphatic rings. The quantitative estimate of drug-likeness (QED) is 0.320. The zero-order chi connectivity index (χ0) is 22.5. The second-order valence-electron chi connectivity index (χ2n) is 8.59. The minimum absolute atomic E-state index is 0.183. The summed E-state index contributed by atoms with van der Waals surface area (Å²) < 4.78 is 23.5. The summed E-state index contributed by atoms with van der Waals surface area (Å²) in [6.45, 7) is 18.5. The molecule has 1 aliphatic heterocycles. The Labute approximate surface area is 181 Å². The lowest BCUT2D eigenvalue weighted by molar-refractivity contribution is -0.142. The molecule has 0 aromatic heterocycles. The molecule has 30 heavy (non-hydrogen) atoms. The SMILES string of the molecule is C=C(/C=C(\CC)C(C)Oc1ccccc1CC(=O)OCC)B1OC(C)(C)C(C)(C)O1. The monoisotopic (exact) mass is 414 g/mol. The van der Waals surface area contributed by atoms with Gasteiger partial charge in [-0.3, -0.25) is 4.79 Å². The molecular weight excluding hydrogens is 379 g/mol. The molecule has 164 valence electrons. The highest BCUT2D eigenvalue weighted by molar-refractivity contribution is 6.55. The molecule has 0 bridgehead atoms. The van der Waals surface area contributed by atoms with Crippen molar-refractivity contribution in [1.29, 1.82) is 0 Å². The molecule has 1 atom stereocenters. The van der Waals surface area contributed by atoms with E-state index >= 15 is 0 Å². The molecule has 2 rings (SSSR count). The second-order valence-corrected chi connectivity index (χ2v) is 8.59. The van der Waals surface area contributed by atoms with Gasteiger partial charge in [0.15, 0.2) is 0 Å². The molecule has 1 aromatic rings. The van der Waals surface area contributed by atoms with Gasteiger partial charge in [-0.05, 0) is 65.1 Å². The molecule has 0 amide bonds. The first-order valence-electron chi connectivity index (χ1n) is 10.7. The Morgan fingerprint density at radius 3 is 2.33 bits per heavy atom. The van der Waals surface area contributed by atoms with E-state index in [0.717, 1.165) is 23.0 Å². The van der Waals surface area contributed by atoms with Gasteiger partial charge in [0.05, 0.1) is 24.2 Å². The van der Waals surface area contributed by atoms with Crippen LogP contribution in [0.15, 0.2) is 48.0 Å². The molecular formula is C24H35BO5. The highest BCUT2D eigenvalue weighted by Crippen LogP contribution is 2.38. The van der Waals surface area contributed by atoms with E-state index in [0.29, 0.717) is 12.4 Å². The lowest BCUT2D eigenvalue weighted by Gasteiger charge is -2.32. The maximum atomic E-state index is 11.9. The summed E-state index contributed by atoms with van der Waals surface area (Å²) in [5.74, 6) is 0.417. The Hall–Kier alpha value is -2.05. The Bertz CT molecular complexity index is 781. The van der Waals surface area contributed by atoms with E-state index in [2.05, 4.69) is 13.5 Å². The smallest absolute Gasteiger partial charge is 0.486 e. The number of ether oxygens (including phenoxy) is 2. The number of para-hydroxylation sites is 1. The molecule has 1 heterocycles. The van der Waals surface area contributed by atoms with E-state index in [1.807, 2.05) is 65.0 Å². The van der Waals surface area contributed by atoms with Gasteiger partial charge in [0.2, 0.25) is 0 Å². The third kappa shape index (κ3) is 5.76. The molecule has 0 N–H and O–H groups in total. The molecule has 0 spiro atoms. The number of carbonyl (C=O) groups is 1. The van der Waals surface area contributed by atoms with Crippen LogP contribution in [0.4, 0.5) is 0 Å². The lowest BCUT2D eigenvalue weighted by Crippen LogP contribution is -2.41. The Morgan fingerprint density at radius 2 is 1.77 bits per heavy atom. The molecule has 1 fully saturated rings. The van der Waals surface area contributed by atoms with Crippen molar-refractivity contribution in [3.8, 4) is 5.75 Å². The van der Waals surface area contributed by atoms with Crippen LogP contribution in [0.2, 0.25) is 0 Å². The van der Waals surface area contributed by atoms with Crippen molar-refractivity contribution in [3.63, 3.8) is 0 Å². The maximum absolute atomic E-state index is 11.9. The van der Waals surface area contributed by atoms with Crippen LogP contribution in [-0.4, -0.2) is 37.0 Å². The third-order valence-corrected chi connectivity index (χ3v) is 5.77. The molecule has 6 heteroatoms. The second kappa shape index (κ2) is 9.84. The number of hydrogen-bond donors (Lipinski definition) is 0. The first-order chi connectivity index (χ1) is 14.0. The van der Waals surface area contributed by atoms with Gasteiger partial charge in [0.25, 0.3) is 0 Å². The van der Waals surface area contributed by atoms with E-state index in [1.54, 1.807) is 6.92 Å². The minimum Gasteiger partial charge on any atom is -0.486 e. The highest BCUT2D eigenvalue weighted by Gasteiger charge is 2.51. The number of esters is 1.